The molecule has 0 N–H and O–H groups in total. The molecule has 1 unspecified atom stereocenters. The van der Waals surface area contributed by atoms with Crippen LogP contribution in [-0.2, 0) is 0 Å². The predicted octanol–water partition coefficient (Wildman–Crippen LogP) is 1.92. The van der Waals surface area contributed by atoms with Crippen molar-refractivity contribution in [3.8, 4) is 6.07 Å². The highest BCUT2D eigenvalue weighted by molar-refractivity contribution is 5.85. The van der Waals surface area contributed by atoms with E-state index in [1.54, 1.807) is 0 Å². The molecule has 3 nitrogen and oxygen atoms in total. The zero-order chi connectivity index (χ0) is 11.4. The van der Waals surface area contributed by atoms with Crippen molar-refractivity contribution in [1.82, 2.24) is 9.80 Å². The van der Waals surface area contributed by atoms with Crippen LogP contribution in [0.5, 0.6) is 0 Å². The van der Waals surface area contributed by atoms with Crippen LogP contribution in [0.4, 0.5) is 0 Å². The zero-order valence-electron chi connectivity index (χ0n) is 10.0. The van der Waals surface area contributed by atoms with E-state index < -0.39 is 0 Å². The Morgan fingerprint density at radius 2 is 1.71 bits per heavy atom. The Hall–Kier alpha value is -1.08. The maximum absolute atomic E-state index is 9.29. The summed E-state index contributed by atoms with van der Waals surface area (Å²) in [7, 11) is 2.13. The molecule has 0 amide bonds. The summed E-state index contributed by atoms with van der Waals surface area (Å²) in [5.74, 6) is 0. The van der Waals surface area contributed by atoms with Gasteiger partial charge in [0.15, 0.2) is 0 Å². The first-order valence-electron chi connectivity index (χ1n) is 5.68. The van der Waals surface area contributed by atoms with Crippen LogP contribution in [0.3, 0.4) is 0 Å². The number of halogens is 1. The molecule has 1 saturated heterocycles. The second kappa shape index (κ2) is 6.61. The van der Waals surface area contributed by atoms with Crippen LogP contribution in [0.1, 0.15) is 11.6 Å². The third-order valence-corrected chi connectivity index (χ3v) is 3.14. The lowest BCUT2D eigenvalue weighted by Gasteiger charge is -2.35. The third-order valence-electron chi connectivity index (χ3n) is 3.14. The molecule has 0 spiro atoms. The smallest absolute Gasteiger partial charge is 0.123 e. The summed E-state index contributed by atoms with van der Waals surface area (Å²) in [6.07, 6.45) is 0. The first-order valence-corrected chi connectivity index (χ1v) is 5.68. The largest absolute Gasteiger partial charge is 0.304 e. The summed E-state index contributed by atoms with van der Waals surface area (Å²) in [4.78, 5) is 4.56. The highest BCUT2D eigenvalue weighted by Crippen LogP contribution is 2.20. The molecule has 1 fully saturated rings. The van der Waals surface area contributed by atoms with E-state index >= 15 is 0 Å². The zero-order valence-corrected chi connectivity index (χ0v) is 10.9. The molecule has 0 radical (unpaired) electrons. The molecule has 0 aromatic heterocycles. The molecule has 1 aliphatic heterocycles. The van der Waals surface area contributed by atoms with Crippen molar-refractivity contribution in [3.63, 3.8) is 0 Å². The van der Waals surface area contributed by atoms with Gasteiger partial charge in [-0.2, -0.15) is 5.26 Å². The van der Waals surface area contributed by atoms with Crippen LogP contribution in [0.2, 0.25) is 0 Å². The molecule has 92 valence electrons. The van der Waals surface area contributed by atoms with Crippen LogP contribution in [0.25, 0.3) is 0 Å². The molecule has 4 heteroatoms. The fraction of sp³-hybridized carbons (Fsp3) is 0.462. The van der Waals surface area contributed by atoms with Crippen LogP contribution in [0.15, 0.2) is 30.3 Å². The van der Waals surface area contributed by atoms with Crippen molar-refractivity contribution in [2.75, 3.05) is 33.2 Å². The van der Waals surface area contributed by atoms with Gasteiger partial charge in [0, 0.05) is 26.2 Å². The monoisotopic (exact) mass is 251 g/mol. The molecule has 0 saturated carbocycles. The van der Waals surface area contributed by atoms with Gasteiger partial charge in [-0.3, -0.25) is 4.90 Å². The van der Waals surface area contributed by atoms with E-state index in [4.69, 9.17) is 0 Å². The Labute approximate surface area is 109 Å². The standard InChI is InChI=1S/C13H17N3.ClH/c1-15-7-9-16(10-8-15)13(11-14)12-5-3-2-4-6-12;/h2-6,13H,7-10H2,1H3;1H. The van der Waals surface area contributed by atoms with Crippen molar-refractivity contribution in [2.45, 2.75) is 6.04 Å². The van der Waals surface area contributed by atoms with Gasteiger partial charge in [-0.1, -0.05) is 30.3 Å². The van der Waals surface area contributed by atoms with Gasteiger partial charge < -0.3 is 4.90 Å². The van der Waals surface area contributed by atoms with Gasteiger partial charge in [0.2, 0.25) is 0 Å². The normalized spacial score (nSPS) is 19.1. The molecular weight excluding hydrogens is 234 g/mol. The van der Waals surface area contributed by atoms with Gasteiger partial charge in [0.05, 0.1) is 6.07 Å². The maximum Gasteiger partial charge on any atom is 0.123 e. The number of hydrogen-bond donors (Lipinski definition) is 0. The molecule has 2 rings (SSSR count). The highest BCUT2D eigenvalue weighted by atomic mass is 35.5. The molecular formula is C13H18ClN3. The number of rotatable bonds is 2. The van der Waals surface area contributed by atoms with Crippen LogP contribution in [0, 0.1) is 11.3 Å². The SMILES string of the molecule is CN1CCN(C(C#N)c2ccccc2)CC1.Cl. The fourth-order valence-electron chi connectivity index (χ4n) is 2.08. The van der Waals surface area contributed by atoms with E-state index in [1.807, 2.05) is 30.3 Å². The van der Waals surface area contributed by atoms with E-state index in [0.29, 0.717) is 0 Å². The van der Waals surface area contributed by atoms with E-state index in [0.717, 1.165) is 31.7 Å². The van der Waals surface area contributed by atoms with Gasteiger partial charge in [0.1, 0.15) is 6.04 Å². The van der Waals surface area contributed by atoms with Gasteiger partial charge in [-0.05, 0) is 12.6 Å². The van der Waals surface area contributed by atoms with Gasteiger partial charge in [-0.15, -0.1) is 12.4 Å². The fourth-order valence-corrected chi connectivity index (χ4v) is 2.08. The molecule has 17 heavy (non-hydrogen) atoms. The molecule has 1 heterocycles. The van der Waals surface area contributed by atoms with Crippen molar-refractivity contribution >= 4 is 12.4 Å². The van der Waals surface area contributed by atoms with Crippen molar-refractivity contribution < 1.29 is 0 Å². The third kappa shape index (κ3) is 3.44. The van der Waals surface area contributed by atoms with Gasteiger partial charge in [-0.25, -0.2) is 0 Å². The van der Waals surface area contributed by atoms with E-state index in [9.17, 15) is 5.26 Å². The number of hydrogen-bond acceptors (Lipinski definition) is 3. The average molecular weight is 252 g/mol. The molecule has 1 aromatic rings. The summed E-state index contributed by atoms with van der Waals surface area (Å²) in [5.41, 5.74) is 1.11. The summed E-state index contributed by atoms with van der Waals surface area (Å²) >= 11 is 0. The Bertz CT molecular complexity index is 366. The Kier molecular flexibility index (Phi) is 5.43. The number of piperazine rings is 1. The lowest BCUT2D eigenvalue weighted by molar-refractivity contribution is 0.133. The second-order valence-corrected chi connectivity index (χ2v) is 4.28. The Morgan fingerprint density at radius 1 is 1.12 bits per heavy atom. The van der Waals surface area contributed by atoms with Crippen LogP contribution in [-0.4, -0.2) is 43.0 Å². The van der Waals surface area contributed by atoms with Gasteiger partial charge >= 0.3 is 0 Å². The lowest BCUT2D eigenvalue weighted by atomic mass is 10.1. The predicted molar refractivity (Wildman–Crippen MR) is 71.1 cm³/mol. The summed E-state index contributed by atoms with van der Waals surface area (Å²) in [6, 6.07) is 12.4. The van der Waals surface area contributed by atoms with E-state index in [2.05, 4.69) is 22.9 Å². The molecule has 1 atom stereocenters. The van der Waals surface area contributed by atoms with Crippen LogP contribution < -0.4 is 0 Å². The molecule has 0 aliphatic carbocycles. The highest BCUT2D eigenvalue weighted by Gasteiger charge is 2.23. The second-order valence-electron chi connectivity index (χ2n) is 4.28. The first kappa shape index (κ1) is 14.0. The Balaban J connectivity index is 0.00000144. The van der Waals surface area contributed by atoms with Crippen molar-refractivity contribution in [2.24, 2.45) is 0 Å². The molecule has 0 bridgehead atoms. The summed E-state index contributed by atoms with van der Waals surface area (Å²) in [5, 5.41) is 9.29. The molecule has 1 aliphatic rings. The summed E-state index contributed by atoms with van der Waals surface area (Å²) < 4.78 is 0. The van der Waals surface area contributed by atoms with Crippen molar-refractivity contribution in [1.29, 1.82) is 5.26 Å². The van der Waals surface area contributed by atoms with Crippen molar-refractivity contribution in [3.05, 3.63) is 35.9 Å². The summed E-state index contributed by atoms with van der Waals surface area (Å²) in [6.45, 7) is 4.04. The molecule has 1 aromatic carbocycles. The number of nitriles is 1. The number of likely N-dealkylation sites (N-methyl/N-ethyl adjacent to an activating group) is 1. The van der Waals surface area contributed by atoms with E-state index in [-0.39, 0.29) is 18.4 Å². The Morgan fingerprint density at radius 3 is 2.24 bits per heavy atom. The quantitative estimate of drug-likeness (QED) is 0.805. The first-order chi connectivity index (χ1) is 7.81. The average Bonchev–Trinajstić information content (AvgIpc) is 2.34. The minimum absolute atomic E-state index is 0. The lowest BCUT2D eigenvalue weighted by Crippen LogP contribution is -2.45. The minimum atomic E-state index is -0.0881. The maximum atomic E-state index is 9.29. The van der Waals surface area contributed by atoms with Crippen LogP contribution >= 0.6 is 12.4 Å². The van der Waals surface area contributed by atoms with E-state index in [1.165, 1.54) is 0 Å². The number of benzene rings is 1. The minimum Gasteiger partial charge on any atom is -0.304 e. The van der Waals surface area contributed by atoms with Gasteiger partial charge in [0.25, 0.3) is 0 Å². The topological polar surface area (TPSA) is 30.3 Å². The number of nitrogens with zero attached hydrogens (tertiary/aromatic N) is 3.